The summed E-state index contributed by atoms with van der Waals surface area (Å²) in [4.78, 5) is 46.3. The molecule has 0 radical (unpaired) electrons. The number of fused-ring (bicyclic) bond motifs is 5. The van der Waals surface area contributed by atoms with Crippen molar-refractivity contribution in [3.05, 3.63) is 57.7 Å². The largest absolute Gasteiger partial charge is 0.465 e. The average molecular weight is 310 g/mol. The summed E-state index contributed by atoms with van der Waals surface area (Å²) in [5, 5.41) is 0. The molecule has 2 atom stereocenters. The van der Waals surface area contributed by atoms with Crippen molar-refractivity contribution in [2.45, 2.75) is 11.8 Å². The summed E-state index contributed by atoms with van der Waals surface area (Å²) < 4.78 is 9.30. The number of ether oxygens (including phenoxy) is 2. The summed E-state index contributed by atoms with van der Waals surface area (Å²) in [6, 6.07) is 3.26. The fourth-order valence-electron chi connectivity index (χ4n) is 3.38. The Morgan fingerprint density at radius 3 is 2.17 bits per heavy atom. The number of methoxy groups -OCH3 is 1. The van der Waals surface area contributed by atoms with Crippen LogP contribution in [0.5, 0.6) is 0 Å². The maximum atomic E-state index is 11.8. The normalized spacial score (nSPS) is 23.5. The maximum absolute atomic E-state index is 11.8. The lowest BCUT2D eigenvalue weighted by molar-refractivity contribution is -0.136. The lowest BCUT2D eigenvalue weighted by Crippen LogP contribution is -2.27. The molecule has 1 heterocycles. The molecule has 114 valence electrons. The Hall–Kier alpha value is -3.02. The first kappa shape index (κ1) is 13.6. The highest BCUT2D eigenvalue weighted by Gasteiger charge is 2.43. The average Bonchev–Trinajstić information content (AvgIpc) is 2.84. The Kier molecular flexibility index (Phi) is 2.66. The molecule has 2 aliphatic carbocycles. The second-order valence-electron chi connectivity index (χ2n) is 5.57. The number of benzene rings is 1. The standard InChI is InChI=1S/C17H10O6/c1-22-15(19)8-3-10-9(2-7(8)6-18)11-4-13-14(5-12(10)11)17(21)23-16(13)20/h2-6,9-10H,1H3/t9-,10?/m1/s1. The monoisotopic (exact) mass is 310 g/mol. The lowest BCUT2D eigenvalue weighted by Gasteiger charge is -2.39. The number of esters is 3. The van der Waals surface area contributed by atoms with E-state index in [0.29, 0.717) is 6.29 Å². The van der Waals surface area contributed by atoms with Crippen LogP contribution in [0.2, 0.25) is 0 Å². The third-order valence-electron chi connectivity index (χ3n) is 4.50. The van der Waals surface area contributed by atoms with Crippen molar-refractivity contribution in [3.63, 3.8) is 0 Å². The van der Waals surface area contributed by atoms with Gasteiger partial charge in [0.05, 0.1) is 23.8 Å². The van der Waals surface area contributed by atoms with Gasteiger partial charge in [0.25, 0.3) is 0 Å². The van der Waals surface area contributed by atoms with E-state index in [2.05, 4.69) is 4.74 Å². The van der Waals surface area contributed by atoms with E-state index >= 15 is 0 Å². The van der Waals surface area contributed by atoms with Gasteiger partial charge in [-0.2, -0.15) is 0 Å². The van der Waals surface area contributed by atoms with Gasteiger partial charge >= 0.3 is 17.9 Å². The maximum Gasteiger partial charge on any atom is 0.346 e. The summed E-state index contributed by atoms with van der Waals surface area (Å²) in [5.41, 5.74) is 2.68. The third-order valence-corrected chi connectivity index (χ3v) is 4.50. The minimum absolute atomic E-state index is 0.104. The van der Waals surface area contributed by atoms with Crippen molar-refractivity contribution in [1.29, 1.82) is 0 Å². The summed E-state index contributed by atoms with van der Waals surface area (Å²) in [6.45, 7) is 0. The second-order valence-corrected chi connectivity index (χ2v) is 5.57. The Labute approximate surface area is 130 Å². The molecule has 0 saturated carbocycles. The Bertz CT molecular complexity index is 873. The molecule has 1 aromatic rings. The molecule has 0 saturated heterocycles. The fourth-order valence-corrected chi connectivity index (χ4v) is 3.38. The van der Waals surface area contributed by atoms with E-state index in [1.165, 1.54) is 7.11 Å². The van der Waals surface area contributed by atoms with E-state index in [-0.39, 0.29) is 34.1 Å². The highest BCUT2D eigenvalue weighted by molar-refractivity contribution is 6.15. The van der Waals surface area contributed by atoms with E-state index in [9.17, 15) is 19.2 Å². The number of hydrogen-bond donors (Lipinski definition) is 0. The Morgan fingerprint density at radius 2 is 1.65 bits per heavy atom. The molecule has 0 N–H and O–H groups in total. The number of carbonyl (C=O) groups is 4. The van der Waals surface area contributed by atoms with Crippen LogP contribution in [0.15, 0.2) is 35.4 Å². The molecule has 6 nitrogen and oxygen atoms in total. The number of carbonyl (C=O) groups excluding carboxylic acids is 4. The molecular formula is C17H10O6. The van der Waals surface area contributed by atoms with Crippen molar-refractivity contribution >= 4 is 24.2 Å². The van der Waals surface area contributed by atoms with Crippen LogP contribution in [0, 0.1) is 0 Å². The molecule has 4 rings (SSSR count). The minimum atomic E-state index is -0.659. The second kappa shape index (κ2) is 4.49. The Morgan fingerprint density at radius 1 is 1.09 bits per heavy atom. The van der Waals surface area contributed by atoms with Gasteiger partial charge in [0, 0.05) is 17.4 Å². The summed E-state index contributed by atoms with van der Waals surface area (Å²) >= 11 is 0. The van der Waals surface area contributed by atoms with Crippen molar-refractivity contribution in [3.8, 4) is 0 Å². The lowest BCUT2D eigenvalue weighted by atomic mass is 9.63. The zero-order valence-corrected chi connectivity index (χ0v) is 12.0. The molecule has 1 aliphatic heterocycles. The van der Waals surface area contributed by atoms with Crippen molar-refractivity contribution in [2.24, 2.45) is 0 Å². The third kappa shape index (κ3) is 1.69. The number of aldehydes is 1. The van der Waals surface area contributed by atoms with Crippen LogP contribution in [0.25, 0.3) is 0 Å². The van der Waals surface area contributed by atoms with Gasteiger partial charge in [-0.05, 0) is 23.3 Å². The molecule has 23 heavy (non-hydrogen) atoms. The molecule has 1 aromatic carbocycles. The highest BCUT2D eigenvalue weighted by atomic mass is 16.6. The smallest absolute Gasteiger partial charge is 0.346 e. The quantitative estimate of drug-likeness (QED) is 0.466. The van der Waals surface area contributed by atoms with Crippen molar-refractivity contribution in [1.82, 2.24) is 0 Å². The van der Waals surface area contributed by atoms with Crippen LogP contribution in [0.4, 0.5) is 0 Å². The molecule has 0 fully saturated rings. The van der Waals surface area contributed by atoms with Gasteiger partial charge in [-0.3, -0.25) is 4.79 Å². The molecule has 0 spiro atoms. The van der Waals surface area contributed by atoms with Crippen LogP contribution >= 0.6 is 0 Å². The fraction of sp³-hybridized carbons (Fsp3) is 0.176. The van der Waals surface area contributed by atoms with Crippen LogP contribution in [-0.2, 0) is 19.1 Å². The van der Waals surface area contributed by atoms with Gasteiger partial charge < -0.3 is 9.47 Å². The molecule has 0 bridgehead atoms. The van der Waals surface area contributed by atoms with Crippen LogP contribution < -0.4 is 0 Å². The number of allylic oxidation sites excluding steroid dienone is 2. The number of hydrogen-bond acceptors (Lipinski definition) is 6. The minimum Gasteiger partial charge on any atom is -0.465 e. The Balaban J connectivity index is 1.84. The zero-order chi connectivity index (χ0) is 16.3. The van der Waals surface area contributed by atoms with Crippen LogP contribution in [0.1, 0.15) is 43.7 Å². The highest BCUT2D eigenvalue weighted by Crippen LogP contribution is 2.53. The van der Waals surface area contributed by atoms with Gasteiger partial charge in [-0.15, -0.1) is 0 Å². The zero-order valence-electron chi connectivity index (χ0n) is 12.0. The topological polar surface area (TPSA) is 86.7 Å². The molecule has 0 aromatic heterocycles. The van der Waals surface area contributed by atoms with Gasteiger partial charge in [0.15, 0.2) is 6.29 Å². The van der Waals surface area contributed by atoms with Gasteiger partial charge in [-0.25, -0.2) is 14.4 Å². The predicted molar refractivity (Wildman–Crippen MR) is 75.9 cm³/mol. The summed E-state index contributed by atoms with van der Waals surface area (Å²) in [5.74, 6) is -2.12. The van der Waals surface area contributed by atoms with Crippen molar-refractivity contribution in [2.75, 3.05) is 7.11 Å². The SMILES string of the molecule is COC(=O)C1=CC2c3cc4c(cc3[C@@H]2C=C1C=O)C(=O)OC4=O. The van der Waals surface area contributed by atoms with Crippen molar-refractivity contribution < 1.29 is 28.7 Å². The first-order valence-electron chi connectivity index (χ1n) is 6.97. The van der Waals surface area contributed by atoms with Gasteiger partial charge in [-0.1, -0.05) is 12.2 Å². The van der Waals surface area contributed by atoms with E-state index in [4.69, 9.17) is 4.74 Å². The molecule has 1 unspecified atom stereocenters. The predicted octanol–water partition coefficient (Wildman–Crippen LogP) is 1.42. The summed E-state index contributed by atoms with van der Waals surface area (Å²) in [7, 11) is 1.25. The van der Waals surface area contributed by atoms with E-state index in [1.54, 1.807) is 24.3 Å². The van der Waals surface area contributed by atoms with Gasteiger partial charge in [0.2, 0.25) is 0 Å². The van der Waals surface area contributed by atoms with Crippen LogP contribution in [0.3, 0.4) is 0 Å². The molecule has 6 heteroatoms. The molecular weight excluding hydrogens is 300 g/mol. The first-order chi connectivity index (χ1) is 11.0. The number of rotatable bonds is 2. The van der Waals surface area contributed by atoms with E-state index in [0.717, 1.165) is 11.1 Å². The van der Waals surface area contributed by atoms with Crippen LogP contribution in [-0.4, -0.2) is 31.3 Å². The van der Waals surface area contributed by atoms with Gasteiger partial charge in [0.1, 0.15) is 0 Å². The van der Waals surface area contributed by atoms with E-state index in [1.807, 2.05) is 0 Å². The van der Waals surface area contributed by atoms with E-state index < -0.39 is 17.9 Å². The summed E-state index contributed by atoms with van der Waals surface area (Å²) in [6.07, 6.45) is 3.99. The molecule has 0 amide bonds. The molecule has 3 aliphatic rings. The number of cyclic esters (lactones) is 2. The first-order valence-corrected chi connectivity index (χ1v) is 6.97.